The number of halogens is 1. The standard InChI is InChI=1S/C17H13FO2/c1-10-7-8-12(18)9-14(10)16(19)17-11(2)13-5-3-4-6-15(13)20-17/h3-9,19H,2H2,1H3/b17-16-. The van der Waals surface area contributed by atoms with Gasteiger partial charge in [0.25, 0.3) is 0 Å². The SMILES string of the molecule is C=c1/c(=C(/O)c2cc(F)ccc2C)oc2ccccc12. The average molecular weight is 268 g/mol. The number of hydrogen-bond acceptors (Lipinski definition) is 2. The van der Waals surface area contributed by atoms with E-state index < -0.39 is 5.82 Å². The Bertz CT molecular complexity index is 906. The highest BCUT2D eigenvalue weighted by Crippen LogP contribution is 2.16. The summed E-state index contributed by atoms with van der Waals surface area (Å²) in [6.45, 7) is 5.74. The Balaban J connectivity index is 2.39. The van der Waals surface area contributed by atoms with Crippen LogP contribution in [0.1, 0.15) is 11.1 Å². The van der Waals surface area contributed by atoms with E-state index in [4.69, 9.17) is 4.42 Å². The molecule has 3 heteroatoms. The summed E-state index contributed by atoms with van der Waals surface area (Å²) in [5, 5.41) is 11.8. The summed E-state index contributed by atoms with van der Waals surface area (Å²) in [4.78, 5) is 0. The third-order valence-corrected chi connectivity index (χ3v) is 3.37. The maximum Gasteiger partial charge on any atom is 0.177 e. The maximum absolute atomic E-state index is 13.4. The van der Waals surface area contributed by atoms with E-state index in [9.17, 15) is 9.50 Å². The van der Waals surface area contributed by atoms with Gasteiger partial charge in [-0.15, -0.1) is 0 Å². The van der Waals surface area contributed by atoms with Crippen LogP contribution < -0.4 is 10.6 Å². The van der Waals surface area contributed by atoms with Crippen molar-refractivity contribution >= 4 is 23.3 Å². The summed E-state index contributed by atoms with van der Waals surface area (Å²) in [5.74, 6) is -0.498. The van der Waals surface area contributed by atoms with E-state index in [1.807, 2.05) is 18.2 Å². The molecule has 1 N–H and O–H groups in total. The fourth-order valence-corrected chi connectivity index (χ4v) is 2.26. The first-order valence-corrected chi connectivity index (χ1v) is 6.24. The monoisotopic (exact) mass is 268 g/mol. The Hall–Kier alpha value is -2.55. The zero-order valence-electron chi connectivity index (χ0n) is 11.0. The Morgan fingerprint density at radius 1 is 1.20 bits per heavy atom. The van der Waals surface area contributed by atoms with Gasteiger partial charge < -0.3 is 9.52 Å². The summed E-state index contributed by atoms with van der Waals surface area (Å²) >= 11 is 0. The Kier molecular flexibility index (Phi) is 2.83. The number of furan rings is 1. The largest absolute Gasteiger partial charge is 0.504 e. The third kappa shape index (κ3) is 1.88. The highest BCUT2D eigenvalue weighted by molar-refractivity contribution is 5.79. The van der Waals surface area contributed by atoms with E-state index in [1.54, 1.807) is 19.1 Å². The van der Waals surface area contributed by atoms with Crippen LogP contribution in [0.5, 0.6) is 0 Å². The van der Waals surface area contributed by atoms with Gasteiger partial charge in [-0.25, -0.2) is 4.39 Å². The minimum atomic E-state index is -0.404. The molecule has 3 rings (SSSR count). The molecule has 0 aliphatic rings. The lowest BCUT2D eigenvalue weighted by Gasteiger charge is -2.03. The van der Waals surface area contributed by atoms with Crippen LogP contribution in [0.3, 0.4) is 0 Å². The summed E-state index contributed by atoms with van der Waals surface area (Å²) in [6, 6.07) is 11.7. The fourth-order valence-electron chi connectivity index (χ4n) is 2.26. The fraction of sp³-hybridized carbons (Fsp3) is 0.0588. The van der Waals surface area contributed by atoms with E-state index in [0.717, 1.165) is 10.9 Å². The molecule has 2 aromatic carbocycles. The van der Waals surface area contributed by atoms with Gasteiger partial charge in [0.15, 0.2) is 11.2 Å². The quantitative estimate of drug-likeness (QED) is 0.736. The number of hydrogen-bond donors (Lipinski definition) is 1. The lowest BCUT2D eigenvalue weighted by Crippen LogP contribution is -2.22. The Labute approximate surface area is 115 Å². The van der Waals surface area contributed by atoms with Crippen molar-refractivity contribution in [2.45, 2.75) is 6.92 Å². The predicted molar refractivity (Wildman–Crippen MR) is 77.3 cm³/mol. The van der Waals surface area contributed by atoms with Crippen molar-refractivity contribution < 1.29 is 13.9 Å². The van der Waals surface area contributed by atoms with Gasteiger partial charge in [0.2, 0.25) is 0 Å². The molecular weight excluding hydrogens is 255 g/mol. The van der Waals surface area contributed by atoms with Crippen molar-refractivity contribution in [2.75, 3.05) is 0 Å². The van der Waals surface area contributed by atoms with Crippen molar-refractivity contribution in [2.24, 2.45) is 0 Å². The van der Waals surface area contributed by atoms with Crippen LogP contribution in [0.25, 0.3) is 23.3 Å². The number of aryl methyl sites for hydroxylation is 1. The van der Waals surface area contributed by atoms with Gasteiger partial charge in [-0.05, 0) is 30.7 Å². The van der Waals surface area contributed by atoms with E-state index in [2.05, 4.69) is 6.58 Å². The molecule has 100 valence electrons. The van der Waals surface area contributed by atoms with Crippen molar-refractivity contribution in [1.82, 2.24) is 0 Å². The molecule has 1 heterocycles. The molecule has 0 saturated carbocycles. The second-order valence-corrected chi connectivity index (χ2v) is 4.71. The first kappa shape index (κ1) is 12.5. The second-order valence-electron chi connectivity index (χ2n) is 4.71. The zero-order chi connectivity index (χ0) is 14.3. The van der Waals surface area contributed by atoms with E-state index in [0.29, 0.717) is 16.4 Å². The molecule has 20 heavy (non-hydrogen) atoms. The summed E-state index contributed by atoms with van der Waals surface area (Å²) in [6.07, 6.45) is 0. The number of para-hydroxylation sites is 1. The number of fused-ring (bicyclic) bond motifs is 1. The summed E-state index contributed by atoms with van der Waals surface area (Å²) in [7, 11) is 0. The van der Waals surface area contributed by atoms with Gasteiger partial charge in [0, 0.05) is 16.2 Å². The third-order valence-electron chi connectivity index (χ3n) is 3.37. The van der Waals surface area contributed by atoms with Gasteiger partial charge in [0.1, 0.15) is 11.4 Å². The van der Waals surface area contributed by atoms with E-state index in [-0.39, 0.29) is 11.2 Å². The zero-order valence-corrected chi connectivity index (χ0v) is 11.0. The Morgan fingerprint density at radius 3 is 2.70 bits per heavy atom. The summed E-state index contributed by atoms with van der Waals surface area (Å²) in [5.41, 5.74) is 2.10. The van der Waals surface area contributed by atoms with Gasteiger partial charge in [0.05, 0.1) is 0 Å². The molecule has 1 aromatic heterocycles. The lowest BCUT2D eigenvalue weighted by atomic mass is 10.1. The van der Waals surface area contributed by atoms with Crippen molar-refractivity contribution in [3.8, 4) is 0 Å². The van der Waals surface area contributed by atoms with Gasteiger partial charge in [-0.2, -0.15) is 0 Å². The molecule has 0 spiro atoms. The van der Waals surface area contributed by atoms with Crippen molar-refractivity contribution in [1.29, 1.82) is 0 Å². The first-order chi connectivity index (χ1) is 9.58. The molecule has 0 aliphatic carbocycles. The molecule has 0 atom stereocenters. The van der Waals surface area contributed by atoms with Gasteiger partial charge in [-0.3, -0.25) is 0 Å². The highest BCUT2D eigenvalue weighted by Gasteiger charge is 2.10. The van der Waals surface area contributed by atoms with E-state index >= 15 is 0 Å². The number of aliphatic hydroxyl groups is 1. The van der Waals surface area contributed by atoms with Crippen LogP contribution in [0.4, 0.5) is 4.39 Å². The van der Waals surface area contributed by atoms with Gasteiger partial charge in [-0.1, -0.05) is 30.8 Å². The van der Waals surface area contributed by atoms with Crippen LogP contribution in [0.2, 0.25) is 0 Å². The van der Waals surface area contributed by atoms with Crippen molar-refractivity contribution in [3.05, 3.63) is 70.0 Å². The highest BCUT2D eigenvalue weighted by atomic mass is 19.1. The predicted octanol–water partition coefficient (Wildman–Crippen LogP) is 3.01. The van der Waals surface area contributed by atoms with Gasteiger partial charge >= 0.3 is 0 Å². The number of benzene rings is 2. The maximum atomic E-state index is 13.4. The Morgan fingerprint density at radius 2 is 1.95 bits per heavy atom. The van der Waals surface area contributed by atoms with Crippen LogP contribution in [0.15, 0.2) is 46.9 Å². The number of aliphatic hydroxyl groups excluding tert-OH is 1. The minimum absolute atomic E-state index is 0.0943. The smallest absolute Gasteiger partial charge is 0.177 e. The molecule has 0 saturated heterocycles. The van der Waals surface area contributed by atoms with Crippen LogP contribution in [-0.4, -0.2) is 5.11 Å². The average Bonchev–Trinajstić information content (AvgIpc) is 2.79. The van der Waals surface area contributed by atoms with Crippen LogP contribution in [-0.2, 0) is 0 Å². The molecule has 0 amide bonds. The second kappa shape index (κ2) is 4.53. The lowest BCUT2D eigenvalue weighted by molar-refractivity contribution is 0.470. The molecule has 0 aliphatic heterocycles. The first-order valence-electron chi connectivity index (χ1n) is 6.24. The molecule has 3 aromatic rings. The molecule has 0 unspecified atom stereocenters. The minimum Gasteiger partial charge on any atom is -0.504 e. The van der Waals surface area contributed by atoms with E-state index in [1.165, 1.54) is 12.1 Å². The normalized spacial score (nSPS) is 12.7. The molecule has 0 radical (unpaired) electrons. The molecule has 2 nitrogen and oxygen atoms in total. The van der Waals surface area contributed by atoms with Crippen molar-refractivity contribution in [3.63, 3.8) is 0 Å². The van der Waals surface area contributed by atoms with Crippen LogP contribution >= 0.6 is 0 Å². The molecular formula is C17H13FO2. The summed E-state index contributed by atoms with van der Waals surface area (Å²) < 4.78 is 19.0. The topological polar surface area (TPSA) is 33.4 Å². The number of rotatable bonds is 1. The molecule has 0 fully saturated rings. The molecule has 0 bridgehead atoms. The van der Waals surface area contributed by atoms with Crippen LogP contribution in [0, 0.1) is 12.7 Å².